The lowest BCUT2D eigenvalue weighted by Gasteiger charge is -2.24. The summed E-state index contributed by atoms with van der Waals surface area (Å²) in [6, 6.07) is 16.0. The molecule has 0 bridgehead atoms. The van der Waals surface area contributed by atoms with Gasteiger partial charge in [0.2, 0.25) is 5.75 Å². The van der Waals surface area contributed by atoms with Gasteiger partial charge in [0.25, 0.3) is 5.78 Å². The number of amides is 1. The lowest BCUT2D eigenvalue weighted by molar-refractivity contribution is -0.132. The zero-order chi connectivity index (χ0) is 26.3. The monoisotopic (exact) mass is 536 g/mol. The van der Waals surface area contributed by atoms with E-state index in [2.05, 4.69) is 4.98 Å². The second kappa shape index (κ2) is 9.76. The molecule has 1 aromatic heterocycles. The summed E-state index contributed by atoms with van der Waals surface area (Å²) in [7, 11) is 4.42. The van der Waals surface area contributed by atoms with E-state index in [-0.39, 0.29) is 16.5 Å². The maximum Gasteiger partial charge on any atom is 0.301 e. The van der Waals surface area contributed by atoms with Crippen LogP contribution in [0.4, 0.5) is 5.13 Å². The highest BCUT2D eigenvalue weighted by Gasteiger charge is 2.48. The van der Waals surface area contributed by atoms with Crippen molar-refractivity contribution in [2.45, 2.75) is 6.04 Å². The highest BCUT2D eigenvalue weighted by atomic mass is 35.5. The van der Waals surface area contributed by atoms with E-state index in [1.54, 1.807) is 60.7 Å². The third-order valence-corrected chi connectivity index (χ3v) is 7.29. The first-order chi connectivity index (χ1) is 17.9. The SMILES string of the molecule is COc1cc(C2C(=C(O)c3ccccc3)C(=O)C(=O)N2c2nc3ccc(Cl)cc3s2)cc(OC)c1OC. The lowest BCUT2D eigenvalue weighted by Crippen LogP contribution is -2.29. The van der Waals surface area contributed by atoms with Crippen molar-refractivity contribution < 1.29 is 28.9 Å². The van der Waals surface area contributed by atoms with Gasteiger partial charge in [0.05, 0.1) is 43.2 Å². The number of fused-ring (bicyclic) bond motifs is 1. The van der Waals surface area contributed by atoms with Crippen molar-refractivity contribution in [3.63, 3.8) is 0 Å². The van der Waals surface area contributed by atoms with Crippen molar-refractivity contribution in [1.82, 2.24) is 4.98 Å². The third-order valence-electron chi connectivity index (χ3n) is 6.04. The fourth-order valence-corrected chi connectivity index (χ4v) is 5.61. The average molecular weight is 537 g/mol. The number of aliphatic hydroxyl groups excluding tert-OH is 1. The van der Waals surface area contributed by atoms with Crippen molar-refractivity contribution in [2.75, 3.05) is 26.2 Å². The smallest absolute Gasteiger partial charge is 0.301 e. The van der Waals surface area contributed by atoms with Crippen LogP contribution in [0, 0.1) is 0 Å². The number of thiazole rings is 1. The number of nitrogens with zero attached hydrogens (tertiary/aromatic N) is 2. The van der Waals surface area contributed by atoms with Crippen molar-refractivity contribution in [1.29, 1.82) is 0 Å². The molecule has 1 aliphatic rings. The molecular weight excluding hydrogens is 516 g/mol. The van der Waals surface area contributed by atoms with Crippen LogP contribution < -0.4 is 19.1 Å². The molecule has 3 aromatic carbocycles. The van der Waals surface area contributed by atoms with Gasteiger partial charge in [-0.1, -0.05) is 53.3 Å². The van der Waals surface area contributed by atoms with E-state index in [1.165, 1.54) is 37.6 Å². The van der Waals surface area contributed by atoms with Crippen LogP contribution in [0.2, 0.25) is 5.02 Å². The number of ketones is 1. The van der Waals surface area contributed by atoms with Crippen LogP contribution in [0.1, 0.15) is 17.2 Å². The summed E-state index contributed by atoms with van der Waals surface area (Å²) < 4.78 is 17.2. The van der Waals surface area contributed by atoms with E-state index in [4.69, 9.17) is 25.8 Å². The van der Waals surface area contributed by atoms with E-state index in [1.807, 2.05) is 0 Å². The highest BCUT2D eigenvalue weighted by molar-refractivity contribution is 7.22. The molecule has 1 saturated heterocycles. The van der Waals surface area contributed by atoms with Gasteiger partial charge in [0, 0.05) is 10.6 Å². The first kappa shape index (κ1) is 24.6. The minimum atomic E-state index is -1.02. The van der Waals surface area contributed by atoms with Gasteiger partial charge in [-0.15, -0.1) is 0 Å². The Kier molecular flexibility index (Phi) is 6.49. The van der Waals surface area contributed by atoms with Crippen molar-refractivity contribution in [3.05, 3.63) is 82.4 Å². The van der Waals surface area contributed by atoms with E-state index < -0.39 is 17.7 Å². The molecular formula is C27H21ClN2O6S. The molecule has 2 heterocycles. The number of Topliss-reactive ketones (excluding diaryl/α,β-unsaturated/α-hetero) is 1. The number of aliphatic hydroxyl groups is 1. The molecule has 0 saturated carbocycles. The minimum absolute atomic E-state index is 0.0808. The molecule has 188 valence electrons. The Bertz CT molecular complexity index is 1540. The van der Waals surface area contributed by atoms with Crippen molar-refractivity contribution >= 4 is 55.7 Å². The highest BCUT2D eigenvalue weighted by Crippen LogP contribution is 2.48. The molecule has 1 fully saturated rings. The van der Waals surface area contributed by atoms with E-state index in [9.17, 15) is 14.7 Å². The van der Waals surface area contributed by atoms with Crippen LogP contribution >= 0.6 is 22.9 Å². The fourth-order valence-electron chi connectivity index (χ4n) is 4.35. The van der Waals surface area contributed by atoms with Crippen LogP contribution in [-0.2, 0) is 9.59 Å². The number of ether oxygens (including phenoxy) is 3. The normalized spacial score (nSPS) is 16.9. The Morgan fingerprint density at radius 3 is 2.27 bits per heavy atom. The maximum atomic E-state index is 13.5. The zero-order valence-electron chi connectivity index (χ0n) is 20.0. The minimum Gasteiger partial charge on any atom is -0.507 e. The van der Waals surface area contributed by atoms with Crippen molar-refractivity contribution in [2.24, 2.45) is 0 Å². The summed E-state index contributed by atoms with van der Waals surface area (Å²) >= 11 is 7.37. The summed E-state index contributed by atoms with van der Waals surface area (Å²) in [5.41, 5.74) is 1.40. The largest absolute Gasteiger partial charge is 0.507 e. The number of carbonyl (C=O) groups is 2. The van der Waals surface area contributed by atoms with Gasteiger partial charge >= 0.3 is 5.91 Å². The van der Waals surface area contributed by atoms with Crippen LogP contribution in [0.5, 0.6) is 17.2 Å². The van der Waals surface area contributed by atoms with Gasteiger partial charge in [-0.2, -0.15) is 0 Å². The number of anilines is 1. The number of benzene rings is 3. The van der Waals surface area contributed by atoms with Gasteiger partial charge < -0.3 is 19.3 Å². The molecule has 1 atom stereocenters. The Labute approximate surface area is 221 Å². The summed E-state index contributed by atoms with van der Waals surface area (Å²) in [6.07, 6.45) is 0. The Morgan fingerprint density at radius 2 is 1.65 bits per heavy atom. The predicted molar refractivity (Wildman–Crippen MR) is 142 cm³/mol. The first-order valence-electron chi connectivity index (χ1n) is 11.1. The van der Waals surface area contributed by atoms with E-state index >= 15 is 0 Å². The second-order valence-electron chi connectivity index (χ2n) is 8.10. The van der Waals surface area contributed by atoms with Gasteiger partial charge in [0.15, 0.2) is 16.6 Å². The maximum absolute atomic E-state index is 13.5. The number of methoxy groups -OCH3 is 3. The van der Waals surface area contributed by atoms with Crippen LogP contribution in [0.3, 0.4) is 0 Å². The molecule has 1 amide bonds. The molecule has 10 heteroatoms. The predicted octanol–water partition coefficient (Wildman–Crippen LogP) is 5.60. The Hall–Kier alpha value is -4.08. The molecule has 4 aromatic rings. The quantitative estimate of drug-likeness (QED) is 0.194. The van der Waals surface area contributed by atoms with Crippen molar-refractivity contribution in [3.8, 4) is 17.2 Å². The molecule has 8 nitrogen and oxygen atoms in total. The average Bonchev–Trinajstić information content (AvgIpc) is 3.45. The molecule has 0 aliphatic carbocycles. The summed E-state index contributed by atoms with van der Waals surface area (Å²) in [6.45, 7) is 0. The number of hydrogen-bond acceptors (Lipinski definition) is 8. The van der Waals surface area contributed by atoms with E-state index in [0.29, 0.717) is 38.9 Å². The second-order valence-corrected chi connectivity index (χ2v) is 9.55. The zero-order valence-corrected chi connectivity index (χ0v) is 21.6. The van der Waals surface area contributed by atoms with Crippen LogP contribution in [-0.4, -0.2) is 43.1 Å². The molecule has 1 unspecified atom stereocenters. The van der Waals surface area contributed by atoms with Crippen LogP contribution in [0.25, 0.3) is 16.0 Å². The molecule has 5 rings (SSSR count). The topological polar surface area (TPSA) is 98.2 Å². The summed E-state index contributed by atoms with van der Waals surface area (Å²) in [4.78, 5) is 32.8. The number of carbonyl (C=O) groups excluding carboxylic acids is 2. The lowest BCUT2D eigenvalue weighted by atomic mass is 9.95. The summed E-state index contributed by atoms with van der Waals surface area (Å²) in [5.74, 6) is -0.942. The molecule has 1 aliphatic heterocycles. The third kappa shape index (κ3) is 4.16. The van der Waals surface area contributed by atoms with Gasteiger partial charge in [0.1, 0.15) is 5.76 Å². The van der Waals surface area contributed by atoms with Gasteiger partial charge in [-0.05, 0) is 35.9 Å². The number of aromatic nitrogens is 1. The fraction of sp³-hybridized carbons (Fsp3) is 0.148. The summed E-state index contributed by atoms with van der Waals surface area (Å²) in [5, 5.41) is 12.1. The Balaban J connectivity index is 1.79. The van der Waals surface area contributed by atoms with Crippen LogP contribution in [0.15, 0.2) is 66.2 Å². The standard InChI is InChI=1S/C27H21ClN2O6S/c1-34-18-11-15(12-19(35-2)25(18)36-3)22-21(23(31)14-7-5-4-6-8-14)24(32)26(33)30(22)27-29-17-10-9-16(28)13-20(17)37-27/h4-13,22,31H,1-3H3. The number of halogens is 1. The van der Waals surface area contributed by atoms with E-state index in [0.717, 1.165) is 4.70 Å². The Morgan fingerprint density at radius 1 is 0.973 bits per heavy atom. The molecule has 0 radical (unpaired) electrons. The molecule has 0 spiro atoms. The van der Waals surface area contributed by atoms with Gasteiger partial charge in [-0.25, -0.2) is 4.98 Å². The first-order valence-corrected chi connectivity index (χ1v) is 12.3. The number of rotatable bonds is 6. The molecule has 1 N–H and O–H groups in total. The number of hydrogen-bond donors (Lipinski definition) is 1. The van der Waals surface area contributed by atoms with Gasteiger partial charge in [-0.3, -0.25) is 14.5 Å². The molecule has 37 heavy (non-hydrogen) atoms.